The summed E-state index contributed by atoms with van der Waals surface area (Å²) < 4.78 is 1.92. The zero-order valence-corrected chi connectivity index (χ0v) is 11.0. The lowest BCUT2D eigenvalue weighted by Gasteiger charge is -2.04. The number of aryl methyl sites for hydroxylation is 2. The molecular formula is C12H19ClN2O. The Kier molecular flexibility index (Phi) is 5.00. The molecule has 0 saturated heterocycles. The van der Waals surface area contributed by atoms with E-state index in [-0.39, 0.29) is 0 Å². The average Bonchev–Trinajstić information content (AvgIpc) is 2.56. The fourth-order valence-corrected chi connectivity index (χ4v) is 1.97. The van der Waals surface area contributed by atoms with Crippen LogP contribution in [0, 0.1) is 6.92 Å². The minimum atomic E-state index is 0.315. The summed E-state index contributed by atoms with van der Waals surface area (Å²) in [5.41, 5.74) is 1.94. The van der Waals surface area contributed by atoms with Crippen molar-refractivity contribution < 1.29 is 4.79 Å². The number of carbonyl (C=O) groups excluding carboxylic acids is 1. The van der Waals surface area contributed by atoms with Gasteiger partial charge in [0.25, 0.3) is 0 Å². The molecule has 0 fully saturated rings. The summed E-state index contributed by atoms with van der Waals surface area (Å²) >= 11 is 6.17. The number of carbonyl (C=O) groups is 1. The van der Waals surface area contributed by atoms with Crippen LogP contribution in [0.3, 0.4) is 0 Å². The topological polar surface area (TPSA) is 34.9 Å². The Morgan fingerprint density at radius 1 is 1.44 bits per heavy atom. The fourth-order valence-electron chi connectivity index (χ4n) is 1.74. The minimum absolute atomic E-state index is 0.315. The Labute approximate surface area is 102 Å². The van der Waals surface area contributed by atoms with Gasteiger partial charge in [-0.2, -0.15) is 5.10 Å². The molecule has 1 rings (SSSR count). The van der Waals surface area contributed by atoms with Crippen molar-refractivity contribution in [1.29, 1.82) is 0 Å². The minimum Gasteiger partial charge on any atom is -0.300 e. The predicted octanol–water partition coefficient (Wildman–Crippen LogP) is 3.17. The fraction of sp³-hybridized carbons (Fsp3) is 0.667. The van der Waals surface area contributed by atoms with Crippen molar-refractivity contribution in [3.05, 3.63) is 16.4 Å². The molecule has 0 aliphatic heterocycles. The summed E-state index contributed by atoms with van der Waals surface area (Å²) in [4.78, 5) is 11.2. The van der Waals surface area contributed by atoms with Gasteiger partial charge in [-0.25, -0.2) is 0 Å². The first-order valence-corrected chi connectivity index (χ1v) is 6.21. The van der Waals surface area contributed by atoms with Crippen LogP contribution in [0.5, 0.6) is 0 Å². The maximum atomic E-state index is 11.2. The summed E-state index contributed by atoms with van der Waals surface area (Å²) in [6.07, 6.45) is 2.96. The van der Waals surface area contributed by atoms with Gasteiger partial charge in [0.05, 0.1) is 16.4 Å². The van der Waals surface area contributed by atoms with E-state index in [2.05, 4.69) is 5.10 Å². The highest BCUT2D eigenvalue weighted by Crippen LogP contribution is 2.22. The lowest BCUT2D eigenvalue weighted by molar-refractivity contribution is -0.118. The summed E-state index contributed by atoms with van der Waals surface area (Å²) in [6.45, 7) is 6.68. The highest BCUT2D eigenvalue weighted by molar-refractivity contribution is 6.31. The average molecular weight is 243 g/mol. The van der Waals surface area contributed by atoms with Crippen LogP contribution in [-0.2, 0) is 17.8 Å². The van der Waals surface area contributed by atoms with E-state index in [4.69, 9.17) is 11.6 Å². The van der Waals surface area contributed by atoms with Crippen LogP contribution < -0.4 is 0 Å². The molecule has 0 N–H and O–H groups in total. The summed E-state index contributed by atoms with van der Waals surface area (Å²) in [7, 11) is 0. The van der Waals surface area contributed by atoms with Crippen molar-refractivity contribution in [2.45, 2.75) is 53.0 Å². The van der Waals surface area contributed by atoms with Gasteiger partial charge in [0.1, 0.15) is 5.78 Å². The molecule has 0 spiro atoms. The lowest BCUT2D eigenvalue weighted by atomic mass is 10.1. The van der Waals surface area contributed by atoms with Gasteiger partial charge in [0, 0.05) is 19.4 Å². The second-order valence-electron chi connectivity index (χ2n) is 3.91. The third kappa shape index (κ3) is 3.08. The van der Waals surface area contributed by atoms with E-state index >= 15 is 0 Å². The Bertz CT molecular complexity index is 371. The van der Waals surface area contributed by atoms with Crippen LogP contribution >= 0.6 is 11.6 Å². The summed E-state index contributed by atoms with van der Waals surface area (Å²) in [5.74, 6) is 0.315. The number of ketones is 1. The molecule has 0 aliphatic rings. The largest absolute Gasteiger partial charge is 0.300 e. The molecule has 0 aromatic carbocycles. The van der Waals surface area contributed by atoms with Gasteiger partial charge in [-0.1, -0.05) is 18.5 Å². The van der Waals surface area contributed by atoms with Gasteiger partial charge in [0.15, 0.2) is 0 Å². The number of hydrogen-bond donors (Lipinski definition) is 0. The number of hydrogen-bond acceptors (Lipinski definition) is 2. The van der Waals surface area contributed by atoms with E-state index in [0.29, 0.717) is 18.6 Å². The zero-order valence-electron chi connectivity index (χ0n) is 10.2. The molecule has 0 atom stereocenters. The third-order valence-corrected chi connectivity index (χ3v) is 3.21. The maximum absolute atomic E-state index is 11.2. The molecule has 0 amide bonds. The van der Waals surface area contributed by atoms with E-state index in [1.807, 2.05) is 25.5 Å². The van der Waals surface area contributed by atoms with Crippen LogP contribution in [0.25, 0.3) is 0 Å². The van der Waals surface area contributed by atoms with E-state index in [0.717, 1.165) is 35.8 Å². The first-order valence-electron chi connectivity index (χ1n) is 5.83. The van der Waals surface area contributed by atoms with Crippen molar-refractivity contribution in [2.75, 3.05) is 0 Å². The molecule has 0 aliphatic carbocycles. The molecule has 0 unspecified atom stereocenters. The predicted molar refractivity (Wildman–Crippen MR) is 65.9 cm³/mol. The number of nitrogens with zero attached hydrogens (tertiary/aromatic N) is 2. The van der Waals surface area contributed by atoms with E-state index in [9.17, 15) is 4.79 Å². The van der Waals surface area contributed by atoms with E-state index in [1.165, 1.54) is 0 Å². The van der Waals surface area contributed by atoms with Crippen LogP contribution in [0.4, 0.5) is 0 Å². The molecule has 3 nitrogen and oxygen atoms in total. The van der Waals surface area contributed by atoms with E-state index < -0.39 is 0 Å². The molecule has 90 valence electrons. The maximum Gasteiger partial charge on any atom is 0.132 e. The molecule has 1 heterocycles. The highest BCUT2D eigenvalue weighted by atomic mass is 35.5. The third-order valence-electron chi connectivity index (χ3n) is 2.72. The summed E-state index contributed by atoms with van der Waals surface area (Å²) in [6, 6.07) is 0. The number of rotatable bonds is 6. The molecule has 16 heavy (non-hydrogen) atoms. The second-order valence-corrected chi connectivity index (χ2v) is 4.29. The quantitative estimate of drug-likeness (QED) is 0.768. The SMILES string of the molecule is CCC(=O)CCCc1c(Cl)c(C)nn1CC. The van der Waals surface area contributed by atoms with Crippen LogP contribution in [-0.4, -0.2) is 15.6 Å². The van der Waals surface area contributed by atoms with Crippen molar-refractivity contribution in [3.8, 4) is 0 Å². The summed E-state index contributed by atoms with van der Waals surface area (Å²) in [5, 5.41) is 5.10. The highest BCUT2D eigenvalue weighted by Gasteiger charge is 2.12. The molecule has 0 saturated carbocycles. The van der Waals surface area contributed by atoms with Crippen LogP contribution in [0.2, 0.25) is 5.02 Å². The monoisotopic (exact) mass is 242 g/mol. The standard InChI is InChI=1S/C12H19ClN2O/c1-4-10(16)7-6-8-11-12(13)9(3)14-15(11)5-2/h4-8H2,1-3H3. The number of aromatic nitrogens is 2. The van der Waals surface area contributed by atoms with Crippen molar-refractivity contribution in [3.63, 3.8) is 0 Å². The second kappa shape index (κ2) is 6.04. The Morgan fingerprint density at radius 3 is 2.69 bits per heavy atom. The van der Waals surface area contributed by atoms with Gasteiger partial charge in [-0.3, -0.25) is 9.48 Å². The van der Waals surface area contributed by atoms with Gasteiger partial charge in [0.2, 0.25) is 0 Å². The molecular weight excluding hydrogens is 224 g/mol. The van der Waals surface area contributed by atoms with Gasteiger partial charge >= 0.3 is 0 Å². The number of Topliss-reactive ketones (excluding diaryl/α,β-unsaturated/α-hetero) is 1. The zero-order chi connectivity index (χ0) is 12.1. The van der Waals surface area contributed by atoms with Crippen molar-refractivity contribution in [1.82, 2.24) is 9.78 Å². The first kappa shape index (κ1) is 13.2. The Hall–Kier alpha value is -0.830. The van der Waals surface area contributed by atoms with Crippen LogP contribution in [0.1, 0.15) is 44.5 Å². The Morgan fingerprint density at radius 2 is 2.12 bits per heavy atom. The molecule has 0 bridgehead atoms. The van der Waals surface area contributed by atoms with Gasteiger partial charge in [-0.15, -0.1) is 0 Å². The number of halogens is 1. The smallest absolute Gasteiger partial charge is 0.132 e. The normalized spacial score (nSPS) is 10.8. The first-order chi connectivity index (χ1) is 7.60. The van der Waals surface area contributed by atoms with Crippen molar-refractivity contribution in [2.24, 2.45) is 0 Å². The molecule has 0 radical (unpaired) electrons. The molecule has 4 heteroatoms. The lowest BCUT2D eigenvalue weighted by Crippen LogP contribution is -2.04. The Balaban J connectivity index is 2.62. The van der Waals surface area contributed by atoms with Crippen LogP contribution in [0.15, 0.2) is 0 Å². The van der Waals surface area contributed by atoms with Crippen molar-refractivity contribution >= 4 is 17.4 Å². The molecule has 1 aromatic heterocycles. The molecule has 1 aromatic rings. The van der Waals surface area contributed by atoms with Gasteiger partial charge < -0.3 is 0 Å². The van der Waals surface area contributed by atoms with E-state index in [1.54, 1.807) is 0 Å². The van der Waals surface area contributed by atoms with Gasteiger partial charge in [-0.05, 0) is 26.7 Å².